The number of nitrogens with zero attached hydrogens (tertiary/aromatic N) is 1. The van der Waals surface area contributed by atoms with Crippen LogP contribution < -0.4 is 4.74 Å². The molecule has 1 aliphatic rings. The number of likely N-dealkylation sites (tertiary alicyclic amines) is 1. The number of ether oxygens (including phenoxy) is 1. The quantitative estimate of drug-likeness (QED) is 0.537. The summed E-state index contributed by atoms with van der Waals surface area (Å²) in [7, 11) is 0. The average Bonchev–Trinajstić information content (AvgIpc) is 2.77. The van der Waals surface area contributed by atoms with Crippen molar-refractivity contribution in [2.45, 2.75) is 32.6 Å². The predicted octanol–water partition coefficient (Wildman–Crippen LogP) is 5.41. The van der Waals surface area contributed by atoms with Crippen molar-refractivity contribution in [1.82, 2.24) is 4.90 Å². The first kappa shape index (κ1) is 21.1. The number of rotatable bonds is 9. The molecule has 1 heterocycles. The molecule has 0 aromatic heterocycles. The summed E-state index contributed by atoms with van der Waals surface area (Å²) in [5, 5.41) is 0. The Morgan fingerprint density at radius 2 is 1.66 bits per heavy atom. The molecule has 0 amide bonds. The van der Waals surface area contributed by atoms with Crippen LogP contribution in [0.4, 0.5) is 0 Å². The van der Waals surface area contributed by atoms with E-state index in [0.717, 1.165) is 29.8 Å². The fourth-order valence-electron chi connectivity index (χ4n) is 3.51. The lowest BCUT2D eigenvalue weighted by Crippen LogP contribution is -2.33. The van der Waals surface area contributed by atoms with Gasteiger partial charge in [0.05, 0.1) is 0 Å². The van der Waals surface area contributed by atoms with Crippen LogP contribution in [-0.4, -0.2) is 36.9 Å². The van der Waals surface area contributed by atoms with Gasteiger partial charge in [-0.15, -0.1) is 0 Å². The number of ketones is 1. The van der Waals surface area contributed by atoms with E-state index < -0.39 is 0 Å². The van der Waals surface area contributed by atoms with E-state index in [0.29, 0.717) is 6.61 Å². The van der Waals surface area contributed by atoms with Crippen LogP contribution in [0.15, 0.2) is 60.7 Å². The maximum Gasteiger partial charge on any atom is 0.178 e. The molecule has 0 radical (unpaired) electrons. The first-order valence-electron chi connectivity index (χ1n) is 10.7. The summed E-state index contributed by atoms with van der Waals surface area (Å²) in [5.41, 5.74) is 3.29. The third-order valence-electron chi connectivity index (χ3n) is 5.22. The SMILES string of the molecule is CCc1cccc(/C=C/C(=O)/C=C/c2cccc(OCCN3CCCCC3)c2)c1. The molecule has 1 fully saturated rings. The lowest BCUT2D eigenvalue weighted by Gasteiger charge is -2.26. The van der Waals surface area contributed by atoms with Crippen LogP contribution >= 0.6 is 0 Å². The maximum absolute atomic E-state index is 12.2. The number of hydrogen-bond acceptors (Lipinski definition) is 3. The zero-order valence-corrected chi connectivity index (χ0v) is 17.3. The van der Waals surface area contributed by atoms with Gasteiger partial charge in [0.2, 0.25) is 0 Å². The molecular weight excluding hydrogens is 358 g/mol. The van der Waals surface area contributed by atoms with Gasteiger partial charge >= 0.3 is 0 Å². The van der Waals surface area contributed by atoms with Gasteiger partial charge in [0.25, 0.3) is 0 Å². The Morgan fingerprint density at radius 3 is 2.38 bits per heavy atom. The van der Waals surface area contributed by atoms with Crippen molar-refractivity contribution >= 4 is 17.9 Å². The van der Waals surface area contributed by atoms with Gasteiger partial charge < -0.3 is 4.74 Å². The topological polar surface area (TPSA) is 29.5 Å². The first-order chi connectivity index (χ1) is 14.2. The van der Waals surface area contributed by atoms with Gasteiger partial charge in [0.15, 0.2) is 5.78 Å². The van der Waals surface area contributed by atoms with E-state index in [9.17, 15) is 4.79 Å². The van der Waals surface area contributed by atoms with E-state index in [1.165, 1.54) is 37.9 Å². The molecule has 2 aromatic carbocycles. The Balaban J connectivity index is 1.49. The van der Waals surface area contributed by atoms with Crippen molar-refractivity contribution in [3.8, 4) is 5.75 Å². The number of allylic oxidation sites excluding steroid dienone is 2. The molecule has 0 bridgehead atoms. The maximum atomic E-state index is 12.2. The summed E-state index contributed by atoms with van der Waals surface area (Å²) in [6, 6.07) is 16.1. The van der Waals surface area contributed by atoms with E-state index in [4.69, 9.17) is 4.74 Å². The lowest BCUT2D eigenvalue weighted by atomic mass is 10.1. The number of carbonyl (C=O) groups is 1. The Kier molecular flexibility index (Phi) is 8.26. The van der Waals surface area contributed by atoms with E-state index in [2.05, 4.69) is 24.0 Å². The summed E-state index contributed by atoms with van der Waals surface area (Å²) in [6.07, 6.45) is 11.9. The average molecular weight is 390 g/mol. The molecule has 3 rings (SSSR count). The molecule has 1 aliphatic heterocycles. The summed E-state index contributed by atoms with van der Waals surface area (Å²) in [6.45, 7) is 6.17. The summed E-state index contributed by atoms with van der Waals surface area (Å²) >= 11 is 0. The number of aryl methyl sites for hydroxylation is 1. The van der Waals surface area contributed by atoms with Crippen molar-refractivity contribution in [2.24, 2.45) is 0 Å². The molecule has 1 saturated heterocycles. The minimum atomic E-state index is -0.0247. The van der Waals surface area contributed by atoms with Crippen molar-refractivity contribution in [1.29, 1.82) is 0 Å². The van der Waals surface area contributed by atoms with Crippen molar-refractivity contribution < 1.29 is 9.53 Å². The van der Waals surface area contributed by atoms with Gasteiger partial charge in [0, 0.05) is 6.54 Å². The fourth-order valence-corrected chi connectivity index (χ4v) is 3.51. The van der Waals surface area contributed by atoms with Gasteiger partial charge in [-0.2, -0.15) is 0 Å². The van der Waals surface area contributed by atoms with Gasteiger partial charge in [-0.1, -0.05) is 61.9 Å². The second-order valence-electron chi connectivity index (χ2n) is 7.49. The van der Waals surface area contributed by atoms with Crippen molar-refractivity contribution in [3.63, 3.8) is 0 Å². The highest BCUT2D eigenvalue weighted by molar-refractivity contribution is 6.04. The third kappa shape index (κ3) is 7.35. The van der Waals surface area contributed by atoms with Crippen LogP contribution in [0.25, 0.3) is 12.2 Å². The van der Waals surface area contributed by atoms with Crippen LogP contribution in [0.5, 0.6) is 5.75 Å². The highest BCUT2D eigenvalue weighted by Crippen LogP contribution is 2.15. The monoisotopic (exact) mass is 389 g/mol. The Morgan fingerprint density at radius 1 is 0.966 bits per heavy atom. The first-order valence-corrected chi connectivity index (χ1v) is 10.7. The summed E-state index contributed by atoms with van der Waals surface area (Å²) in [5.74, 6) is 0.826. The highest BCUT2D eigenvalue weighted by atomic mass is 16.5. The molecule has 2 aromatic rings. The Hall–Kier alpha value is -2.65. The van der Waals surface area contributed by atoms with Crippen LogP contribution in [0.2, 0.25) is 0 Å². The predicted molar refractivity (Wildman–Crippen MR) is 121 cm³/mol. The normalized spacial score (nSPS) is 15.2. The van der Waals surface area contributed by atoms with Crippen LogP contribution in [0.3, 0.4) is 0 Å². The van der Waals surface area contributed by atoms with Crippen molar-refractivity contribution in [2.75, 3.05) is 26.2 Å². The molecule has 3 heteroatoms. The number of benzene rings is 2. The van der Waals surface area contributed by atoms with Crippen LogP contribution in [0.1, 0.15) is 42.9 Å². The second kappa shape index (κ2) is 11.4. The third-order valence-corrected chi connectivity index (χ3v) is 5.22. The molecule has 0 N–H and O–H groups in total. The number of piperidine rings is 1. The van der Waals surface area contributed by atoms with Gasteiger partial charge in [-0.3, -0.25) is 9.69 Å². The Labute approximate surface area is 174 Å². The van der Waals surface area contributed by atoms with Gasteiger partial charge in [-0.25, -0.2) is 0 Å². The molecule has 0 aliphatic carbocycles. The smallest absolute Gasteiger partial charge is 0.178 e. The Bertz CT molecular complexity index is 847. The zero-order valence-electron chi connectivity index (χ0n) is 17.3. The highest BCUT2D eigenvalue weighted by Gasteiger charge is 2.09. The molecule has 0 unspecified atom stereocenters. The molecular formula is C26H31NO2. The van der Waals surface area contributed by atoms with Crippen molar-refractivity contribution in [3.05, 3.63) is 77.4 Å². The molecule has 152 valence electrons. The fraction of sp³-hybridized carbons (Fsp3) is 0.346. The van der Waals surface area contributed by atoms with E-state index in [1.54, 1.807) is 12.2 Å². The molecule has 3 nitrogen and oxygen atoms in total. The van der Waals surface area contributed by atoms with Crippen LogP contribution in [0, 0.1) is 0 Å². The van der Waals surface area contributed by atoms with E-state index in [1.807, 2.05) is 48.6 Å². The number of hydrogen-bond donors (Lipinski definition) is 0. The zero-order chi connectivity index (χ0) is 20.3. The number of carbonyl (C=O) groups excluding carboxylic acids is 1. The minimum Gasteiger partial charge on any atom is -0.492 e. The molecule has 0 spiro atoms. The van der Waals surface area contributed by atoms with E-state index >= 15 is 0 Å². The lowest BCUT2D eigenvalue weighted by molar-refractivity contribution is -0.110. The second-order valence-corrected chi connectivity index (χ2v) is 7.49. The minimum absolute atomic E-state index is 0.0247. The van der Waals surface area contributed by atoms with Crippen LogP contribution in [-0.2, 0) is 11.2 Å². The molecule has 0 atom stereocenters. The standard InChI is InChI=1S/C26H31NO2/c1-2-22-8-6-9-23(20-22)12-14-25(28)15-13-24-10-7-11-26(21-24)29-19-18-27-16-4-3-5-17-27/h6-15,20-21H,2-5,16-19H2,1H3/b14-12+,15-13+. The summed E-state index contributed by atoms with van der Waals surface area (Å²) < 4.78 is 5.91. The largest absolute Gasteiger partial charge is 0.492 e. The molecule has 29 heavy (non-hydrogen) atoms. The van der Waals surface area contributed by atoms with Gasteiger partial charge in [0.1, 0.15) is 12.4 Å². The van der Waals surface area contributed by atoms with Gasteiger partial charge in [-0.05, 0) is 73.3 Å². The van der Waals surface area contributed by atoms with E-state index in [-0.39, 0.29) is 5.78 Å². The molecule has 0 saturated carbocycles. The summed E-state index contributed by atoms with van der Waals surface area (Å²) in [4.78, 5) is 14.6.